The van der Waals surface area contributed by atoms with E-state index in [1.54, 1.807) is 30.6 Å². The van der Waals surface area contributed by atoms with Crippen LogP contribution in [0.25, 0.3) is 0 Å². The summed E-state index contributed by atoms with van der Waals surface area (Å²) in [6.07, 6.45) is 7.34. The molecule has 0 saturated heterocycles. The third-order valence-electron chi connectivity index (χ3n) is 4.73. The Bertz CT molecular complexity index is 614. The van der Waals surface area contributed by atoms with Crippen molar-refractivity contribution < 1.29 is 9.50 Å². The van der Waals surface area contributed by atoms with Gasteiger partial charge in [-0.25, -0.2) is 4.39 Å². The summed E-state index contributed by atoms with van der Waals surface area (Å²) in [7, 11) is 0. The topological polar surface area (TPSA) is 45.1 Å². The predicted octanol–water partition coefficient (Wildman–Crippen LogP) is 3.78. The average Bonchev–Trinajstić information content (AvgIpc) is 3.11. The molecule has 2 N–H and O–H groups in total. The number of hydrogen-bond acceptors (Lipinski definition) is 3. The second-order valence-corrected chi connectivity index (χ2v) is 6.25. The molecule has 122 valence electrons. The summed E-state index contributed by atoms with van der Waals surface area (Å²) in [5.74, 6) is 0.256. The number of halogens is 1. The van der Waals surface area contributed by atoms with E-state index in [1.165, 1.54) is 18.9 Å². The maximum Gasteiger partial charge on any atom is 0.127 e. The highest BCUT2D eigenvalue weighted by molar-refractivity contribution is 5.22. The van der Waals surface area contributed by atoms with Crippen molar-refractivity contribution in [2.75, 3.05) is 6.54 Å². The SMILES string of the molecule is OC(CNC(c1ccccc1F)C1CCCC1)c1ccncc1. The lowest BCUT2D eigenvalue weighted by atomic mass is 9.91. The Hall–Kier alpha value is -1.78. The molecule has 1 aromatic heterocycles. The molecule has 0 amide bonds. The number of nitrogens with zero attached hydrogens (tertiary/aromatic N) is 1. The van der Waals surface area contributed by atoms with Gasteiger partial charge in [0.25, 0.3) is 0 Å². The van der Waals surface area contributed by atoms with Crippen LogP contribution in [0.5, 0.6) is 0 Å². The van der Waals surface area contributed by atoms with Crippen LogP contribution >= 0.6 is 0 Å². The maximum absolute atomic E-state index is 14.2. The van der Waals surface area contributed by atoms with Crippen LogP contribution in [0.2, 0.25) is 0 Å². The molecule has 1 heterocycles. The monoisotopic (exact) mass is 314 g/mol. The van der Waals surface area contributed by atoms with E-state index in [0.29, 0.717) is 18.0 Å². The van der Waals surface area contributed by atoms with Gasteiger partial charge in [-0.05, 0) is 42.5 Å². The quantitative estimate of drug-likeness (QED) is 0.853. The van der Waals surface area contributed by atoms with Crippen molar-refractivity contribution in [2.24, 2.45) is 5.92 Å². The van der Waals surface area contributed by atoms with Crippen LogP contribution in [0.15, 0.2) is 48.8 Å². The van der Waals surface area contributed by atoms with Crippen molar-refractivity contribution >= 4 is 0 Å². The third-order valence-corrected chi connectivity index (χ3v) is 4.73. The highest BCUT2D eigenvalue weighted by Gasteiger charge is 2.28. The Kier molecular flexibility index (Phi) is 5.36. The first-order valence-electron chi connectivity index (χ1n) is 8.31. The number of rotatable bonds is 6. The van der Waals surface area contributed by atoms with E-state index in [0.717, 1.165) is 18.4 Å². The Morgan fingerprint density at radius 1 is 1.13 bits per heavy atom. The first-order valence-corrected chi connectivity index (χ1v) is 8.31. The molecule has 0 aliphatic heterocycles. The van der Waals surface area contributed by atoms with Gasteiger partial charge in [-0.15, -0.1) is 0 Å². The van der Waals surface area contributed by atoms with Crippen LogP contribution in [-0.2, 0) is 0 Å². The van der Waals surface area contributed by atoms with E-state index in [4.69, 9.17) is 0 Å². The lowest BCUT2D eigenvalue weighted by molar-refractivity contribution is 0.163. The van der Waals surface area contributed by atoms with Crippen molar-refractivity contribution in [3.63, 3.8) is 0 Å². The molecule has 4 heteroatoms. The molecular formula is C19H23FN2O. The predicted molar refractivity (Wildman–Crippen MR) is 88.3 cm³/mol. The zero-order valence-electron chi connectivity index (χ0n) is 13.2. The number of aliphatic hydroxyl groups is 1. The number of benzene rings is 1. The molecule has 2 atom stereocenters. The molecule has 1 aromatic carbocycles. The summed E-state index contributed by atoms with van der Waals surface area (Å²) in [6.45, 7) is 0.402. The van der Waals surface area contributed by atoms with Gasteiger partial charge in [-0.1, -0.05) is 31.0 Å². The average molecular weight is 314 g/mol. The van der Waals surface area contributed by atoms with Crippen molar-refractivity contribution in [1.29, 1.82) is 0 Å². The molecule has 1 aliphatic rings. The summed E-state index contributed by atoms with van der Waals surface area (Å²) >= 11 is 0. The molecule has 0 bridgehead atoms. The Labute approximate surface area is 136 Å². The highest BCUT2D eigenvalue weighted by Crippen LogP contribution is 2.36. The highest BCUT2D eigenvalue weighted by atomic mass is 19.1. The number of aromatic nitrogens is 1. The largest absolute Gasteiger partial charge is 0.387 e. The standard InChI is InChI=1S/C19H23FN2O/c20-17-8-4-3-7-16(17)19(15-5-1-2-6-15)22-13-18(23)14-9-11-21-12-10-14/h3-4,7-12,15,18-19,22-23H,1-2,5-6,13H2. The van der Waals surface area contributed by atoms with E-state index in [9.17, 15) is 9.50 Å². The van der Waals surface area contributed by atoms with Crippen LogP contribution in [0.1, 0.15) is 49.0 Å². The summed E-state index contributed by atoms with van der Waals surface area (Å²) in [5, 5.41) is 13.8. The Balaban J connectivity index is 1.73. The minimum Gasteiger partial charge on any atom is -0.387 e. The van der Waals surface area contributed by atoms with Crippen LogP contribution < -0.4 is 5.32 Å². The van der Waals surface area contributed by atoms with Gasteiger partial charge in [0.15, 0.2) is 0 Å². The van der Waals surface area contributed by atoms with Gasteiger partial charge < -0.3 is 10.4 Å². The van der Waals surface area contributed by atoms with Crippen LogP contribution in [-0.4, -0.2) is 16.6 Å². The van der Waals surface area contributed by atoms with Gasteiger partial charge in [-0.3, -0.25) is 4.98 Å². The smallest absolute Gasteiger partial charge is 0.127 e. The minimum atomic E-state index is -0.617. The first-order chi connectivity index (χ1) is 11.3. The molecule has 2 unspecified atom stereocenters. The summed E-state index contributed by atoms with van der Waals surface area (Å²) in [5.41, 5.74) is 1.53. The number of nitrogens with one attached hydrogen (secondary N) is 1. The molecule has 1 aliphatic carbocycles. The van der Waals surface area contributed by atoms with Gasteiger partial charge in [0, 0.05) is 30.5 Å². The van der Waals surface area contributed by atoms with Crippen LogP contribution in [0.3, 0.4) is 0 Å². The molecule has 23 heavy (non-hydrogen) atoms. The minimum absolute atomic E-state index is 0.0461. The van der Waals surface area contributed by atoms with E-state index in [2.05, 4.69) is 10.3 Å². The first kappa shape index (κ1) is 16.1. The number of aliphatic hydroxyl groups excluding tert-OH is 1. The number of hydrogen-bond donors (Lipinski definition) is 2. The molecule has 3 nitrogen and oxygen atoms in total. The number of pyridine rings is 1. The molecule has 0 spiro atoms. The van der Waals surface area contributed by atoms with E-state index in [-0.39, 0.29) is 11.9 Å². The molecule has 0 radical (unpaired) electrons. The second-order valence-electron chi connectivity index (χ2n) is 6.25. The molecule has 1 fully saturated rings. The van der Waals surface area contributed by atoms with Crippen molar-refractivity contribution in [3.8, 4) is 0 Å². The fourth-order valence-corrected chi connectivity index (χ4v) is 3.49. The van der Waals surface area contributed by atoms with Crippen molar-refractivity contribution in [2.45, 2.75) is 37.8 Å². The fraction of sp³-hybridized carbons (Fsp3) is 0.421. The Morgan fingerprint density at radius 2 is 1.83 bits per heavy atom. The molecule has 3 rings (SSSR count). The van der Waals surface area contributed by atoms with Crippen molar-refractivity contribution in [1.82, 2.24) is 10.3 Å². The van der Waals surface area contributed by atoms with Crippen LogP contribution in [0, 0.1) is 11.7 Å². The molecular weight excluding hydrogens is 291 g/mol. The molecule has 1 saturated carbocycles. The maximum atomic E-state index is 14.2. The lowest BCUT2D eigenvalue weighted by Crippen LogP contribution is -2.31. The van der Waals surface area contributed by atoms with E-state index < -0.39 is 6.10 Å². The van der Waals surface area contributed by atoms with Gasteiger partial charge in [0.05, 0.1) is 6.10 Å². The van der Waals surface area contributed by atoms with Gasteiger partial charge in [-0.2, -0.15) is 0 Å². The van der Waals surface area contributed by atoms with Crippen LogP contribution in [0.4, 0.5) is 4.39 Å². The molecule has 2 aromatic rings. The summed E-state index contributed by atoms with van der Waals surface area (Å²) in [6, 6.07) is 10.5. The fourth-order valence-electron chi connectivity index (χ4n) is 3.49. The van der Waals surface area contributed by atoms with Gasteiger partial charge >= 0.3 is 0 Å². The zero-order chi connectivity index (χ0) is 16.1. The third kappa shape index (κ3) is 3.95. The second kappa shape index (κ2) is 7.66. The summed E-state index contributed by atoms with van der Waals surface area (Å²) in [4.78, 5) is 3.96. The zero-order valence-corrected chi connectivity index (χ0v) is 13.2. The van der Waals surface area contributed by atoms with Crippen molar-refractivity contribution in [3.05, 3.63) is 65.7 Å². The summed E-state index contributed by atoms with van der Waals surface area (Å²) < 4.78 is 14.2. The lowest BCUT2D eigenvalue weighted by Gasteiger charge is -2.27. The van der Waals surface area contributed by atoms with Gasteiger partial charge in [0.1, 0.15) is 5.82 Å². The Morgan fingerprint density at radius 3 is 2.52 bits per heavy atom. The van der Waals surface area contributed by atoms with E-state index in [1.807, 2.05) is 12.1 Å². The normalized spacial score (nSPS) is 18.0. The van der Waals surface area contributed by atoms with Gasteiger partial charge in [0.2, 0.25) is 0 Å². The van der Waals surface area contributed by atoms with E-state index >= 15 is 0 Å².